The number of nitrogens with one attached hydrogen (secondary N) is 4. The van der Waals surface area contributed by atoms with E-state index in [1.807, 2.05) is 34.6 Å². The summed E-state index contributed by atoms with van der Waals surface area (Å²) in [5.41, 5.74) is -0.477. The molecule has 0 radical (unpaired) electrons. The van der Waals surface area contributed by atoms with Crippen molar-refractivity contribution in [3.05, 3.63) is 53.6 Å². The molecular weight excluding hydrogens is 648 g/mol. The summed E-state index contributed by atoms with van der Waals surface area (Å²) >= 11 is 0. The SMILES string of the molecule is CNC(C(=O)NC(C(=O)N(C)C/C=C(\C)C(=O)N[C@H](CCC(=O)NCCN1C(=O)C=CC1=O)C(=O)O)C(C)(C)C)C(C)(C)c1ccc(O)cc1. The molecule has 0 saturated heterocycles. The lowest BCUT2D eigenvalue weighted by Gasteiger charge is -2.38. The molecule has 1 aromatic rings. The Morgan fingerprint density at radius 3 is 2.04 bits per heavy atom. The molecule has 1 aromatic carbocycles. The van der Waals surface area contributed by atoms with Gasteiger partial charge in [-0.2, -0.15) is 0 Å². The Morgan fingerprint density at radius 1 is 0.940 bits per heavy atom. The van der Waals surface area contributed by atoms with E-state index in [9.17, 15) is 43.8 Å². The number of nitrogens with zero attached hydrogens (tertiary/aromatic N) is 2. The number of likely N-dealkylation sites (N-methyl/N-ethyl adjacent to an activating group) is 2. The molecular formula is C35H50N6O9. The topological polar surface area (TPSA) is 215 Å². The van der Waals surface area contributed by atoms with E-state index in [1.54, 1.807) is 31.3 Å². The molecule has 6 N–H and O–H groups in total. The van der Waals surface area contributed by atoms with Gasteiger partial charge in [0, 0.05) is 56.2 Å². The molecule has 274 valence electrons. The first-order valence-electron chi connectivity index (χ1n) is 16.2. The van der Waals surface area contributed by atoms with Crippen LogP contribution in [0.15, 0.2) is 48.1 Å². The minimum Gasteiger partial charge on any atom is -0.508 e. The summed E-state index contributed by atoms with van der Waals surface area (Å²) in [6.07, 6.45) is 3.26. The number of benzene rings is 1. The van der Waals surface area contributed by atoms with Gasteiger partial charge in [-0.05, 0) is 43.5 Å². The lowest BCUT2D eigenvalue weighted by atomic mass is 9.76. The number of phenols is 1. The standard InChI is InChI=1S/C35H50N6O9/c1-21(30(46)38-24(33(49)50)13-14-25(43)37-18-20-41-26(44)15-16-27(41)45)17-19-40(8)32(48)29(34(2,3)4)39-31(47)28(36-7)35(5,6)22-9-11-23(42)12-10-22/h9-12,15-17,24,28-29,36,42H,13-14,18-20H2,1-8H3,(H,37,43)(H,38,46)(H,39,47)(H,49,50)/b21-17+/t24-,28?,29?/m1/s1. The summed E-state index contributed by atoms with van der Waals surface area (Å²) in [5, 5.41) is 30.2. The average molecular weight is 699 g/mol. The Bertz CT molecular complexity index is 1490. The first-order chi connectivity index (χ1) is 23.2. The molecule has 6 amide bonds. The number of carboxylic acids is 1. The van der Waals surface area contributed by atoms with Crippen LogP contribution in [0.2, 0.25) is 0 Å². The van der Waals surface area contributed by atoms with Crippen molar-refractivity contribution in [1.29, 1.82) is 0 Å². The first kappa shape index (κ1) is 41.1. The van der Waals surface area contributed by atoms with Crippen LogP contribution in [-0.4, -0.2) is 113 Å². The van der Waals surface area contributed by atoms with Crippen molar-refractivity contribution in [1.82, 2.24) is 31.1 Å². The van der Waals surface area contributed by atoms with Gasteiger partial charge in [-0.25, -0.2) is 4.79 Å². The molecule has 15 heteroatoms. The number of carbonyl (C=O) groups excluding carboxylic acids is 6. The molecule has 15 nitrogen and oxygen atoms in total. The van der Waals surface area contributed by atoms with Crippen molar-refractivity contribution in [2.24, 2.45) is 5.41 Å². The van der Waals surface area contributed by atoms with Gasteiger partial charge in [-0.1, -0.05) is 52.8 Å². The Morgan fingerprint density at radius 2 is 1.52 bits per heavy atom. The van der Waals surface area contributed by atoms with E-state index < -0.39 is 70.4 Å². The third kappa shape index (κ3) is 11.3. The Hall–Kier alpha value is -5.05. The zero-order valence-electron chi connectivity index (χ0n) is 30.0. The van der Waals surface area contributed by atoms with Gasteiger partial charge in [0.1, 0.15) is 17.8 Å². The van der Waals surface area contributed by atoms with Crippen LogP contribution >= 0.6 is 0 Å². The van der Waals surface area contributed by atoms with Gasteiger partial charge in [0.05, 0.1) is 6.04 Å². The molecule has 2 rings (SSSR count). The number of hydrogen-bond acceptors (Lipinski definition) is 9. The molecule has 3 atom stereocenters. The molecule has 1 aliphatic rings. The third-order valence-electron chi connectivity index (χ3n) is 8.51. The number of carbonyl (C=O) groups is 7. The van der Waals surface area contributed by atoms with Crippen molar-refractivity contribution >= 4 is 41.4 Å². The van der Waals surface area contributed by atoms with Crippen molar-refractivity contribution in [2.45, 2.75) is 77.9 Å². The Balaban J connectivity index is 2.00. The predicted molar refractivity (Wildman–Crippen MR) is 184 cm³/mol. The van der Waals surface area contributed by atoms with Crippen LogP contribution in [0.25, 0.3) is 0 Å². The molecule has 2 unspecified atom stereocenters. The molecule has 0 bridgehead atoms. The predicted octanol–water partition coefficient (Wildman–Crippen LogP) is 0.584. The number of rotatable bonds is 17. The van der Waals surface area contributed by atoms with E-state index >= 15 is 0 Å². The number of amides is 6. The maximum absolute atomic E-state index is 13.7. The summed E-state index contributed by atoms with van der Waals surface area (Å²) in [4.78, 5) is 89.7. The number of imide groups is 1. The smallest absolute Gasteiger partial charge is 0.326 e. The van der Waals surface area contributed by atoms with Crippen LogP contribution in [0.3, 0.4) is 0 Å². The quantitative estimate of drug-likeness (QED) is 0.0984. The van der Waals surface area contributed by atoms with Gasteiger partial charge in [-0.3, -0.25) is 33.7 Å². The summed E-state index contributed by atoms with van der Waals surface area (Å²) in [6.45, 7) is 10.6. The molecule has 0 saturated carbocycles. The molecule has 1 heterocycles. The summed E-state index contributed by atoms with van der Waals surface area (Å²) in [5.74, 6) is -4.24. The van der Waals surface area contributed by atoms with Crippen LogP contribution in [0, 0.1) is 5.41 Å². The minimum atomic E-state index is -1.38. The fourth-order valence-electron chi connectivity index (χ4n) is 5.28. The summed E-state index contributed by atoms with van der Waals surface area (Å²) < 4.78 is 0. The fraction of sp³-hybridized carbons (Fsp3) is 0.514. The normalized spacial score (nSPS) is 15.3. The average Bonchev–Trinajstić information content (AvgIpc) is 3.35. The van der Waals surface area contributed by atoms with Crippen molar-refractivity contribution in [3.8, 4) is 5.75 Å². The zero-order valence-corrected chi connectivity index (χ0v) is 30.0. The van der Waals surface area contributed by atoms with Gasteiger partial charge in [0.15, 0.2) is 0 Å². The maximum Gasteiger partial charge on any atom is 0.326 e. The highest BCUT2D eigenvalue weighted by Gasteiger charge is 2.40. The number of phenolic OH excluding ortho intramolecular Hbond substituents is 1. The highest BCUT2D eigenvalue weighted by atomic mass is 16.4. The first-order valence-corrected chi connectivity index (χ1v) is 16.2. The maximum atomic E-state index is 13.7. The highest BCUT2D eigenvalue weighted by molar-refractivity contribution is 6.12. The van der Waals surface area contributed by atoms with Gasteiger partial charge < -0.3 is 36.4 Å². The van der Waals surface area contributed by atoms with Gasteiger partial charge >= 0.3 is 5.97 Å². The second-order valence-corrected chi connectivity index (χ2v) is 13.8. The lowest BCUT2D eigenvalue weighted by Crippen LogP contribution is -2.60. The van der Waals surface area contributed by atoms with Gasteiger partial charge in [-0.15, -0.1) is 0 Å². The molecule has 0 aromatic heterocycles. The third-order valence-corrected chi connectivity index (χ3v) is 8.51. The molecule has 0 fully saturated rings. The van der Waals surface area contributed by atoms with E-state index in [0.29, 0.717) is 0 Å². The fourth-order valence-corrected chi connectivity index (χ4v) is 5.28. The van der Waals surface area contributed by atoms with Crippen molar-refractivity contribution in [3.63, 3.8) is 0 Å². The second kappa shape index (κ2) is 17.6. The summed E-state index contributed by atoms with van der Waals surface area (Å²) in [6, 6.07) is 3.50. The van der Waals surface area contributed by atoms with Crippen LogP contribution < -0.4 is 21.3 Å². The molecule has 1 aliphatic heterocycles. The highest BCUT2D eigenvalue weighted by Crippen LogP contribution is 2.29. The molecule has 0 spiro atoms. The minimum absolute atomic E-state index is 0.0101. The van der Waals surface area contributed by atoms with E-state index in [2.05, 4.69) is 21.3 Å². The number of hydrogen-bond donors (Lipinski definition) is 6. The second-order valence-electron chi connectivity index (χ2n) is 13.8. The van der Waals surface area contributed by atoms with E-state index in [1.165, 1.54) is 24.9 Å². The van der Waals surface area contributed by atoms with Crippen LogP contribution in [0.5, 0.6) is 5.75 Å². The number of aromatic hydroxyl groups is 1. The van der Waals surface area contributed by atoms with Crippen LogP contribution in [0.1, 0.15) is 59.9 Å². The lowest BCUT2D eigenvalue weighted by molar-refractivity contribution is -0.142. The van der Waals surface area contributed by atoms with Crippen LogP contribution in [0.4, 0.5) is 0 Å². The zero-order chi connectivity index (χ0) is 38.0. The summed E-state index contributed by atoms with van der Waals surface area (Å²) in [7, 11) is 3.17. The van der Waals surface area contributed by atoms with E-state index in [-0.39, 0.29) is 43.8 Å². The van der Waals surface area contributed by atoms with Crippen molar-refractivity contribution < 1.29 is 43.8 Å². The largest absolute Gasteiger partial charge is 0.508 e. The Labute approximate surface area is 292 Å². The molecule has 0 aliphatic carbocycles. The van der Waals surface area contributed by atoms with Gasteiger partial charge in [0.25, 0.3) is 11.8 Å². The van der Waals surface area contributed by atoms with E-state index in [4.69, 9.17) is 0 Å². The van der Waals surface area contributed by atoms with Crippen LogP contribution in [-0.2, 0) is 39.0 Å². The number of carboxylic acid groups (broad SMARTS) is 1. The monoisotopic (exact) mass is 698 g/mol. The molecule has 50 heavy (non-hydrogen) atoms. The number of aliphatic carboxylic acids is 1. The van der Waals surface area contributed by atoms with Crippen molar-refractivity contribution in [2.75, 3.05) is 33.7 Å². The Kier molecular flexibility index (Phi) is 14.4. The van der Waals surface area contributed by atoms with E-state index in [0.717, 1.165) is 22.6 Å². The van der Waals surface area contributed by atoms with Gasteiger partial charge in [0.2, 0.25) is 23.6 Å².